The Morgan fingerprint density at radius 2 is 1.95 bits per heavy atom. The lowest BCUT2D eigenvalue weighted by atomic mass is 9.89. The molecule has 2 rings (SSSR count). The molecule has 1 saturated heterocycles. The summed E-state index contributed by atoms with van der Waals surface area (Å²) in [5.74, 6) is -3.13. The van der Waals surface area contributed by atoms with Crippen LogP contribution in [-0.4, -0.2) is 18.4 Å². The van der Waals surface area contributed by atoms with Crippen molar-refractivity contribution >= 4 is 17.5 Å². The Labute approximate surface area is 109 Å². The molecule has 0 aromatic heterocycles. The first-order valence-electron chi connectivity index (χ1n) is 5.94. The third-order valence-corrected chi connectivity index (χ3v) is 3.28. The lowest BCUT2D eigenvalue weighted by molar-refractivity contribution is -0.122. The Bertz CT molecular complexity index is 522. The molecule has 2 atom stereocenters. The molecule has 2 N–H and O–H groups in total. The highest BCUT2D eigenvalue weighted by Gasteiger charge is 2.35. The SMILES string of the molecule is CC(=O)Nc1cc(F)c([C@@H]2CNC(=O)[C@H]2C)c(F)c1. The summed E-state index contributed by atoms with van der Waals surface area (Å²) in [5.41, 5.74) is -0.0452. The van der Waals surface area contributed by atoms with E-state index in [0.29, 0.717) is 0 Å². The van der Waals surface area contributed by atoms with Crippen molar-refractivity contribution in [1.82, 2.24) is 5.32 Å². The molecule has 1 fully saturated rings. The van der Waals surface area contributed by atoms with Gasteiger partial charge in [-0.2, -0.15) is 0 Å². The van der Waals surface area contributed by atoms with Gasteiger partial charge in [0.25, 0.3) is 0 Å². The Morgan fingerprint density at radius 3 is 2.37 bits per heavy atom. The van der Waals surface area contributed by atoms with Crippen molar-refractivity contribution in [2.45, 2.75) is 19.8 Å². The zero-order valence-corrected chi connectivity index (χ0v) is 10.6. The Morgan fingerprint density at radius 1 is 1.37 bits per heavy atom. The maximum Gasteiger partial charge on any atom is 0.223 e. The first-order chi connectivity index (χ1) is 8.90. The Kier molecular flexibility index (Phi) is 3.50. The highest BCUT2D eigenvalue weighted by Crippen LogP contribution is 2.33. The Balaban J connectivity index is 2.37. The zero-order chi connectivity index (χ0) is 14.2. The molecule has 1 aliphatic heterocycles. The molecule has 102 valence electrons. The molecule has 19 heavy (non-hydrogen) atoms. The fourth-order valence-electron chi connectivity index (χ4n) is 2.30. The molecule has 4 nitrogen and oxygen atoms in total. The van der Waals surface area contributed by atoms with Crippen molar-refractivity contribution in [3.05, 3.63) is 29.3 Å². The highest BCUT2D eigenvalue weighted by molar-refractivity contribution is 5.88. The van der Waals surface area contributed by atoms with E-state index in [1.54, 1.807) is 6.92 Å². The summed E-state index contributed by atoms with van der Waals surface area (Å²) in [6.45, 7) is 3.10. The van der Waals surface area contributed by atoms with E-state index in [9.17, 15) is 18.4 Å². The molecule has 0 bridgehead atoms. The normalized spacial score (nSPS) is 22.2. The fraction of sp³-hybridized carbons (Fsp3) is 0.385. The van der Waals surface area contributed by atoms with Gasteiger partial charge in [-0.15, -0.1) is 0 Å². The molecule has 2 amide bonds. The summed E-state index contributed by atoms with van der Waals surface area (Å²) in [7, 11) is 0. The van der Waals surface area contributed by atoms with Crippen LogP contribution in [0.3, 0.4) is 0 Å². The van der Waals surface area contributed by atoms with Crippen LogP contribution in [0.1, 0.15) is 25.3 Å². The van der Waals surface area contributed by atoms with E-state index in [0.717, 1.165) is 12.1 Å². The van der Waals surface area contributed by atoms with Crippen molar-refractivity contribution in [1.29, 1.82) is 0 Å². The van der Waals surface area contributed by atoms with E-state index < -0.39 is 29.4 Å². The van der Waals surface area contributed by atoms with Gasteiger partial charge in [-0.25, -0.2) is 8.78 Å². The molecule has 0 saturated carbocycles. The average molecular weight is 268 g/mol. The minimum absolute atomic E-state index is 0.0659. The highest BCUT2D eigenvalue weighted by atomic mass is 19.1. The summed E-state index contributed by atoms with van der Waals surface area (Å²) in [5, 5.41) is 4.90. The number of halogens is 2. The first kappa shape index (κ1) is 13.5. The van der Waals surface area contributed by atoms with Crippen molar-refractivity contribution < 1.29 is 18.4 Å². The predicted octanol–water partition coefficient (Wildman–Crippen LogP) is 1.77. The molecule has 1 aromatic carbocycles. The van der Waals surface area contributed by atoms with Crippen molar-refractivity contribution in [3.63, 3.8) is 0 Å². The van der Waals surface area contributed by atoms with Crippen LogP contribution in [0.2, 0.25) is 0 Å². The standard InChI is InChI=1S/C13H14F2N2O2/c1-6-9(5-16-13(6)19)12-10(14)3-8(4-11(12)15)17-7(2)18/h3-4,6,9H,5H2,1-2H3,(H,16,19)(H,17,18)/t6-,9+/m0/s1. The number of hydrogen-bond donors (Lipinski definition) is 2. The second kappa shape index (κ2) is 4.95. The molecule has 0 spiro atoms. The smallest absolute Gasteiger partial charge is 0.223 e. The fourth-order valence-corrected chi connectivity index (χ4v) is 2.30. The van der Waals surface area contributed by atoms with Gasteiger partial charge in [0.15, 0.2) is 0 Å². The van der Waals surface area contributed by atoms with E-state index in [1.165, 1.54) is 6.92 Å². The minimum atomic E-state index is -0.753. The third-order valence-electron chi connectivity index (χ3n) is 3.28. The summed E-state index contributed by atoms with van der Waals surface area (Å²) in [4.78, 5) is 22.2. The quantitative estimate of drug-likeness (QED) is 0.859. The summed E-state index contributed by atoms with van der Waals surface area (Å²) in [6.07, 6.45) is 0. The van der Waals surface area contributed by atoms with E-state index in [2.05, 4.69) is 10.6 Å². The lowest BCUT2D eigenvalue weighted by Gasteiger charge is -2.16. The summed E-state index contributed by atoms with van der Waals surface area (Å²) < 4.78 is 28.0. The van der Waals surface area contributed by atoms with E-state index in [1.807, 2.05) is 0 Å². The molecule has 1 aromatic rings. The van der Waals surface area contributed by atoms with Crippen LogP contribution in [-0.2, 0) is 9.59 Å². The van der Waals surface area contributed by atoms with Gasteiger partial charge in [-0.3, -0.25) is 9.59 Å². The van der Waals surface area contributed by atoms with Gasteiger partial charge in [0.1, 0.15) is 11.6 Å². The molecular weight excluding hydrogens is 254 g/mol. The van der Waals surface area contributed by atoms with Gasteiger partial charge in [-0.1, -0.05) is 6.92 Å². The van der Waals surface area contributed by atoms with Crippen LogP contribution in [0.5, 0.6) is 0 Å². The molecule has 0 radical (unpaired) electrons. The third kappa shape index (κ3) is 2.57. The van der Waals surface area contributed by atoms with E-state index in [-0.39, 0.29) is 23.7 Å². The number of nitrogens with one attached hydrogen (secondary N) is 2. The lowest BCUT2D eigenvalue weighted by Crippen LogP contribution is -2.17. The van der Waals surface area contributed by atoms with Crippen molar-refractivity contribution in [3.8, 4) is 0 Å². The maximum absolute atomic E-state index is 14.0. The number of hydrogen-bond acceptors (Lipinski definition) is 2. The number of carbonyl (C=O) groups excluding carboxylic acids is 2. The van der Waals surface area contributed by atoms with Gasteiger partial charge in [0, 0.05) is 36.6 Å². The van der Waals surface area contributed by atoms with Gasteiger partial charge in [-0.05, 0) is 12.1 Å². The maximum atomic E-state index is 14.0. The van der Waals surface area contributed by atoms with E-state index >= 15 is 0 Å². The molecule has 0 aliphatic carbocycles. The molecule has 1 heterocycles. The predicted molar refractivity (Wildman–Crippen MR) is 65.6 cm³/mol. The van der Waals surface area contributed by atoms with E-state index in [4.69, 9.17) is 0 Å². The molecule has 6 heteroatoms. The van der Waals surface area contributed by atoms with Crippen LogP contribution in [0.4, 0.5) is 14.5 Å². The van der Waals surface area contributed by atoms with Crippen LogP contribution in [0.15, 0.2) is 12.1 Å². The number of amides is 2. The van der Waals surface area contributed by atoms with Gasteiger partial charge >= 0.3 is 0 Å². The van der Waals surface area contributed by atoms with Crippen molar-refractivity contribution in [2.24, 2.45) is 5.92 Å². The Hall–Kier alpha value is -1.98. The van der Waals surface area contributed by atoms with Gasteiger partial charge in [0.2, 0.25) is 11.8 Å². The number of benzene rings is 1. The second-order valence-electron chi connectivity index (χ2n) is 4.68. The number of anilines is 1. The van der Waals surface area contributed by atoms with Crippen LogP contribution >= 0.6 is 0 Å². The molecule has 1 aliphatic rings. The largest absolute Gasteiger partial charge is 0.355 e. The van der Waals surface area contributed by atoms with Crippen molar-refractivity contribution in [2.75, 3.05) is 11.9 Å². The summed E-state index contributed by atoms with van der Waals surface area (Å²) >= 11 is 0. The first-order valence-corrected chi connectivity index (χ1v) is 5.94. The minimum Gasteiger partial charge on any atom is -0.355 e. The van der Waals surface area contributed by atoms with Gasteiger partial charge in [0.05, 0.1) is 0 Å². The topological polar surface area (TPSA) is 58.2 Å². The van der Waals surface area contributed by atoms with Crippen LogP contribution in [0.25, 0.3) is 0 Å². The van der Waals surface area contributed by atoms with Gasteiger partial charge < -0.3 is 10.6 Å². The molecular formula is C13H14F2N2O2. The second-order valence-corrected chi connectivity index (χ2v) is 4.68. The summed E-state index contributed by atoms with van der Waals surface area (Å²) in [6, 6.07) is 2.13. The monoisotopic (exact) mass is 268 g/mol. The van der Waals surface area contributed by atoms with Crippen LogP contribution < -0.4 is 10.6 Å². The molecule has 0 unspecified atom stereocenters. The zero-order valence-electron chi connectivity index (χ0n) is 10.6. The van der Waals surface area contributed by atoms with Crippen LogP contribution in [0, 0.1) is 17.6 Å². The number of rotatable bonds is 2. The average Bonchev–Trinajstić information content (AvgIpc) is 2.59. The number of carbonyl (C=O) groups is 2.